The molecule has 0 bridgehead atoms. The smallest absolute Gasteiger partial charge is 0.305 e. The van der Waals surface area contributed by atoms with Crippen molar-refractivity contribution < 1.29 is 23.9 Å². The van der Waals surface area contributed by atoms with E-state index in [-0.39, 0.29) is 37.2 Å². The predicted octanol–water partition coefficient (Wildman–Crippen LogP) is 9.03. The lowest BCUT2D eigenvalue weighted by atomic mass is 9.86. The molecule has 0 aromatic carbocycles. The Morgan fingerprint density at radius 3 is 1.64 bits per heavy atom. The summed E-state index contributed by atoms with van der Waals surface area (Å²) in [4.78, 5) is 35.6. The Kier molecular flexibility index (Phi) is 34.1. The van der Waals surface area contributed by atoms with E-state index in [1.165, 1.54) is 20.5 Å². The highest BCUT2D eigenvalue weighted by Gasteiger charge is 2.36. The molecular weight excluding hydrogens is 526 g/mol. The molecule has 6 heteroatoms. The van der Waals surface area contributed by atoms with Crippen molar-refractivity contribution in [3.05, 3.63) is 60.8 Å². The fraction of sp³-hybridized carbons (Fsp3) is 0.639. The molecule has 0 rings (SSSR count). The van der Waals surface area contributed by atoms with Gasteiger partial charge >= 0.3 is 5.97 Å². The van der Waals surface area contributed by atoms with E-state index < -0.39 is 11.5 Å². The molecule has 0 saturated carbocycles. The first-order chi connectivity index (χ1) is 20.2. The van der Waals surface area contributed by atoms with E-state index in [2.05, 4.69) is 86.8 Å². The van der Waals surface area contributed by atoms with Crippen LogP contribution >= 0.6 is 0 Å². The molecule has 1 atom stereocenters. The summed E-state index contributed by atoms with van der Waals surface area (Å²) in [5.74, 6) is -0.595. The summed E-state index contributed by atoms with van der Waals surface area (Å²) in [6.07, 6.45) is 29.1. The minimum atomic E-state index is -0.784. The first-order valence-electron chi connectivity index (χ1n) is 15.9. The van der Waals surface area contributed by atoms with Gasteiger partial charge in [-0.25, -0.2) is 0 Å². The van der Waals surface area contributed by atoms with E-state index in [1.807, 2.05) is 27.7 Å². The third-order valence-corrected chi connectivity index (χ3v) is 5.47. The van der Waals surface area contributed by atoms with Crippen LogP contribution in [0.25, 0.3) is 0 Å². The van der Waals surface area contributed by atoms with Crippen LogP contribution in [0.3, 0.4) is 0 Å². The number of ether oxygens (including phenoxy) is 2. The van der Waals surface area contributed by atoms with Gasteiger partial charge in [-0.05, 0) is 51.9 Å². The zero-order chi connectivity index (χ0) is 32.5. The first kappa shape index (κ1) is 43.7. The lowest BCUT2D eigenvalue weighted by Gasteiger charge is -2.31. The molecule has 0 aromatic rings. The second-order valence-electron chi connectivity index (χ2n) is 10.3. The highest BCUT2D eigenvalue weighted by atomic mass is 16.5. The second kappa shape index (κ2) is 32.8. The van der Waals surface area contributed by atoms with Gasteiger partial charge in [-0.1, -0.05) is 116 Å². The van der Waals surface area contributed by atoms with E-state index in [9.17, 15) is 14.4 Å². The van der Waals surface area contributed by atoms with Crippen LogP contribution < -0.4 is 5.32 Å². The number of allylic oxidation sites excluding steroid dienone is 10. The molecule has 0 spiro atoms. The van der Waals surface area contributed by atoms with Gasteiger partial charge in [0.25, 0.3) is 0 Å². The fourth-order valence-corrected chi connectivity index (χ4v) is 3.38. The van der Waals surface area contributed by atoms with Gasteiger partial charge in [0.1, 0.15) is 11.9 Å². The molecule has 0 fully saturated rings. The molecule has 0 aromatic heterocycles. The number of amides is 1. The normalized spacial score (nSPS) is 12.4. The van der Waals surface area contributed by atoms with Crippen molar-refractivity contribution in [2.75, 3.05) is 20.3 Å². The molecule has 0 aliphatic rings. The molecule has 0 aliphatic carbocycles. The zero-order valence-electron chi connectivity index (χ0n) is 28.4. The summed E-state index contributed by atoms with van der Waals surface area (Å²) in [5, 5.41) is 2.70. The van der Waals surface area contributed by atoms with Crippen molar-refractivity contribution in [1.29, 1.82) is 0 Å². The Bertz CT molecular complexity index is 806. The maximum atomic E-state index is 12.4. The van der Waals surface area contributed by atoms with Crippen LogP contribution in [0.4, 0.5) is 0 Å². The van der Waals surface area contributed by atoms with E-state index in [0.29, 0.717) is 12.8 Å². The number of hydrogen-bond donors (Lipinski definition) is 1. The summed E-state index contributed by atoms with van der Waals surface area (Å²) in [6.45, 7) is 15.8. The molecule has 0 aliphatic heterocycles. The molecule has 1 amide bonds. The van der Waals surface area contributed by atoms with E-state index in [0.717, 1.165) is 38.5 Å². The maximum absolute atomic E-state index is 12.4. The Balaban J connectivity index is -0.00000284. The fourth-order valence-electron chi connectivity index (χ4n) is 3.38. The molecule has 242 valence electrons. The number of nitrogens with one attached hydrogen (secondary N) is 1. The van der Waals surface area contributed by atoms with E-state index in [4.69, 9.17) is 9.47 Å². The van der Waals surface area contributed by atoms with Gasteiger partial charge in [-0.2, -0.15) is 0 Å². The van der Waals surface area contributed by atoms with Crippen molar-refractivity contribution in [2.24, 2.45) is 5.41 Å². The number of Topliss-reactive ketones (excluding diaryl/α,β-unsaturated/α-hetero) is 1. The van der Waals surface area contributed by atoms with Gasteiger partial charge in [0.15, 0.2) is 0 Å². The van der Waals surface area contributed by atoms with Crippen LogP contribution in [0.2, 0.25) is 0 Å². The van der Waals surface area contributed by atoms with Gasteiger partial charge < -0.3 is 14.8 Å². The van der Waals surface area contributed by atoms with Crippen molar-refractivity contribution in [3.8, 4) is 0 Å². The predicted molar refractivity (Wildman–Crippen MR) is 179 cm³/mol. The van der Waals surface area contributed by atoms with Crippen molar-refractivity contribution in [3.63, 3.8) is 0 Å². The third-order valence-electron chi connectivity index (χ3n) is 5.47. The molecule has 0 heterocycles. The monoisotopic (exact) mass is 589 g/mol. The number of methoxy groups -OCH3 is 1. The number of carbonyl (C=O) groups excluding carboxylic acids is 3. The van der Waals surface area contributed by atoms with E-state index >= 15 is 0 Å². The van der Waals surface area contributed by atoms with Crippen molar-refractivity contribution in [1.82, 2.24) is 5.32 Å². The number of hydrogen-bond acceptors (Lipinski definition) is 5. The van der Waals surface area contributed by atoms with Gasteiger partial charge in [-0.3, -0.25) is 14.4 Å². The molecule has 0 radical (unpaired) electrons. The number of ketones is 1. The summed E-state index contributed by atoms with van der Waals surface area (Å²) < 4.78 is 10.8. The number of carbonyl (C=O) groups is 3. The van der Waals surface area contributed by atoms with Gasteiger partial charge in [-0.15, -0.1) is 0 Å². The molecular formula is C36H63NO5. The average Bonchev–Trinajstić information content (AvgIpc) is 2.95. The average molecular weight is 590 g/mol. The Labute approximate surface area is 258 Å². The van der Waals surface area contributed by atoms with Gasteiger partial charge in [0.05, 0.1) is 6.61 Å². The van der Waals surface area contributed by atoms with E-state index in [1.54, 1.807) is 0 Å². The number of unbranched alkanes of at least 4 members (excludes halogenated alkanes) is 1. The largest absolute Gasteiger partial charge is 0.465 e. The molecule has 6 nitrogen and oxygen atoms in total. The number of esters is 1. The lowest BCUT2D eigenvalue weighted by Crippen LogP contribution is -2.47. The van der Waals surface area contributed by atoms with Crippen molar-refractivity contribution in [2.45, 2.75) is 126 Å². The molecule has 0 unspecified atom stereocenters. The van der Waals surface area contributed by atoms with Crippen LogP contribution in [0.15, 0.2) is 60.8 Å². The minimum Gasteiger partial charge on any atom is -0.465 e. The second-order valence-corrected chi connectivity index (χ2v) is 10.3. The first-order valence-corrected chi connectivity index (χ1v) is 15.9. The highest BCUT2D eigenvalue weighted by molar-refractivity contribution is 5.82. The van der Waals surface area contributed by atoms with Crippen LogP contribution in [0.5, 0.6) is 0 Å². The SMILES string of the molecule is CC.CC/C=C\C/C=C\C/C=C\C/C=C\C/C=C\CCCC(=O)OCC(C)(C)[C@@H](OC)C(=O)NCCC(C)=O.CCC. The zero-order valence-corrected chi connectivity index (χ0v) is 28.4. The van der Waals surface area contributed by atoms with Crippen LogP contribution in [0.1, 0.15) is 120 Å². The van der Waals surface area contributed by atoms with Gasteiger partial charge in [0.2, 0.25) is 5.91 Å². The molecule has 42 heavy (non-hydrogen) atoms. The summed E-state index contributed by atoms with van der Waals surface area (Å²) in [6, 6.07) is 0. The molecule has 1 N–H and O–H groups in total. The summed E-state index contributed by atoms with van der Waals surface area (Å²) >= 11 is 0. The third kappa shape index (κ3) is 30.2. The Morgan fingerprint density at radius 2 is 1.21 bits per heavy atom. The maximum Gasteiger partial charge on any atom is 0.305 e. The van der Waals surface area contributed by atoms with Crippen LogP contribution in [-0.4, -0.2) is 44.0 Å². The minimum absolute atomic E-state index is 0.00652. The quantitative estimate of drug-likeness (QED) is 0.0820. The molecule has 0 saturated heterocycles. The lowest BCUT2D eigenvalue weighted by molar-refractivity contribution is -0.155. The highest BCUT2D eigenvalue weighted by Crippen LogP contribution is 2.24. The van der Waals surface area contributed by atoms with Crippen molar-refractivity contribution >= 4 is 17.7 Å². The number of rotatable bonds is 21. The standard InChI is InChI=1S/C31H49NO5.C3H8.C2H6/c1-6-7-8-9-10-11-12-13-14-15-16-17-18-19-20-21-22-23-28(34)37-26-31(3,4)29(36-5)30(35)32-25-24-27(2)33;1-3-2;1-2/h7-8,10-11,13-14,16-17,19-20,29H,6,9,12,15,18,21-26H2,1-5H3,(H,32,35);3H2,1-2H3;1-2H3/b8-7-,11-10-,14-13-,17-16-,20-19-;;/t29-;;/m0../s1. The topological polar surface area (TPSA) is 81.7 Å². The summed E-state index contributed by atoms with van der Waals surface area (Å²) in [5.41, 5.74) is -0.700. The Hall–Kier alpha value is -2.73. The van der Waals surface area contributed by atoms with Gasteiger partial charge in [0, 0.05) is 31.9 Å². The van der Waals surface area contributed by atoms with Crippen LogP contribution in [0, 0.1) is 5.41 Å². The van der Waals surface area contributed by atoms with Crippen LogP contribution in [-0.2, 0) is 23.9 Å². The Morgan fingerprint density at radius 1 is 0.762 bits per heavy atom. The summed E-state index contributed by atoms with van der Waals surface area (Å²) in [7, 11) is 1.45.